The van der Waals surface area contributed by atoms with Crippen molar-refractivity contribution < 1.29 is 0 Å². The van der Waals surface area contributed by atoms with Crippen molar-refractivity contribution in [2.24, 2.45) is 5.92 Å². The number of aryl methyl sites for hydroxylation is 2. The minimum atomic E-state index is 0.116. The summed E-state index contributed by atoms with van der Waals surface area (Å²) in [5, 5.41) is 5.32. The van der Waals surface area contributed by atoms with Gasteiger partial charge in [0.15, 0.2) is 0 Å². The summed E-state index contributed by atoms with van der Waals surface area (Å²) >= 11 is 1.94. The lowest BCUT2D eigenvalue weighted by Crippen LogP contribution is -2.47. The van der Waals surface area contributed by atoms with Crippen LogP contribution in [0.2, 0.25) is 0 Å². The van der Waals surface area contributed by atoms with Crippen LogP contribution < -0.4 is 5.32 Å². The highest BCUT2D eigenvalue weighted by Gasteiger charge is 2.42. The van der Waals surface area contributed by atoms with Gasteiger partial charge in [0.2, 0.25) is 0 Å². The molecule has 3 rings (SSSR count). The summed E-state index contributed by atoms with van der Waals surface area (Å²) in [6.07, 6.45) is 10.7. The molecule has 0 saturated heterocycles. The zero-order chi connectivity index (χ0) is 14.2. The van der Waals surface area contributed by atoms with E-state index in [4.69, 9.17) is 4.98 Å². The number of nitrogens with one attached hydrogen (secondary N) is 1. The number of aromatic nitrogens is 1. The van der Waals surface area contributed by atoms with E-state index in [9.17, 15) is 0 Å². The first-order chi connectivity index (χ1) is 9.63. The maximum Gasteiger partial charge on any atom is 0.113 e. The molecule has 1 N–H and O–H groups in total. The molecule has 2 fully saturated rings. The minimum Gasteiger partial charge on any atom is -0.303 e. The van der Waals surface area contributed by atoms with Gasteiger partial charge in [-0.2, -0.15) is 0 Å². The molecule has 112 valence electrons. The Morgan fingerprint density at radius 3 is 2.45 bits per heavy atom. The molecule has 0 aromatic carbocycles. The maximum atomic E-state index is 5.01. The van der Waals surface area contributed by atoms with Crippen LogP contribution in [0, 0.1) is 12.8 Å². The zero-order valence-corrected chi connectivity index (χ0v) is 14.0. The fourth-order valence-corrected chi connectivity index (χ4v) is 4.86. The van der Waals surface area contributed by atoms with E-state index in [2.05, 4.69) is 26.1 Å². The van der Waals surface area contributed by atoms with Crippen LogP contribution >= 0.6 is 11.3 Å². The van der Waals surface area contributed by atoms with Gasteiger partial charge in [0.1, 0.15) is 5.01 Å². The second kappa shape index (κ2) is 5.76. The Balaban J connectivity index is 1.90. The third-order valence-corrected chi connectivity index (χ3v) is 6.43. The normalized spacial score (nSPS) is 23.8. The molecule has 0 aliphatic heterocycles. The van der Waals surface area contributed by atoms with Gasteiger partial charge in [0.25, 0.3) is 0 Å². The predicted octanol–water partition coefficient (Wildman–Crippen LogP) is 4.56. The first-order valence-electron chi connectivity index (χ1n) is 8.38. The Hall–Kier alpha value is -0.410. The van der Waals surface area contributed by atoms with Crippen molar-refractivity contribution in [3.8, 4) is 0 Å². The van der Waals surface area contributed by atoms with Crippen LogP contribution in [0.1, 0.15) is 74.4 Å². The number of nitrogens with zero attached hydrogens (tertiary/aromatic N) is 1. The van der Waals surface area contributed by atoms with E-state index in [1.165, 1.54) is 60.5 Å². The molecule has 2 aliphatic rings. The third-order valence-electron chi connectivity index (χ3n) is 5.17. The van der Waals surface area contributed by atoms with Crippen LogP contribution in [0.5, 0.6) is 0 Å². The highest BCUT2D eigenvalue weighted by atomic mass is 32.1. The van der Waals surface area contributed by atoms with Gasteiger partial charge in [-0.05, 0) is 51.9 Å². The Labute approximate surface area is 127 Å². The second-order valence-corrected chi connectivity index (χ2v) is 8.03. The van der Waals surface area contributed by atoms with Crippen LogP contribution in [-0.4, -0.2) is 11.0 Å². The van der Waals surface area contributed by atoms with Gasteiger partial charge in [0.05, 0.1) is 11.2 Å². The standard InChI is InChI=1S/C17H28N2S/c1-4-15-12(2)20-16(18-15)17(3,19-14-10-11-14)13-8-6-5-7-9-13/h13-14,19H,4-11H2,1-3H3. The predicted molar refractivity (Wildman–Crippen MR) is 86.3 cm³/mol. The number of hydrogen-bond donors (Lipinski definition) is 1. The van der Waals surface area contributed by atoms with Gasteiger partial charge in [-0.25, -0.2) is 4.98 Å². The van der Waals surface area contributed by atoms with Gasteiger partial charge in [-0.3, -0.25) is 0 Å². The number of rotatable bonds is 5. The van der Waals surface area contributed by atoms with E-state index < -0.39 is 0 Å². The average Bonchev–Trinajstić information content (AvgIpc) is 3.19. The van der Waals surface area contributed by atoms with Gasteiger partial charge in [0, 0.05) is 10.9 Å². The molecule has 0 amide bonds. The molecule has 0 radical (unpaired) electrons. The van der Waals surface area contributed by atoms with E-state index in [0.717, 1.165) is 18.4 Å². The Morgan fingerprint density at radius 2 is 1.90 bits per heavy atom. The van der Waals surface area contributed by atoms with Crippen LogP contribution in [-0.2, 0) is 12.0 Å². The van der Waals surface area contributed by atoms with Gasteiger partial charge < -0.3 is 5.32 Å². The van der Waals surface area contributed by atoms with Crippen LogP contribution in [0.15, 0.2) is 0 Å². The van der Waals surface area contributed by atoms with Gasteiger partial charge in [-0.15, -0.1) is 11.3 Å². The minimum absolute atomic E-state index is 0.116. The lowest BCUT2D eigenvalue weighted by Gasteiger charge is -2.39. The van der Waals surface area contributed by atoms with Crippen molar-refractivity contribution in [3.63, 3.8) is 0 Å². The Kier molecular flexibility index (Phi) is 4.19. The van der Waals surface area contributed by atoms with Crippen molar-refractivity contribution in [2.75, 3.05) is 0 Å². The molecule has 3 heteroatoms. The van der Waals surface area contributed by atoms with Crippen molar-refractivity contribution in [2.45, 2.75) is 83.7 Å². The first kappa shape index (κ1) is 14.5. The summed E-state index contributed by atoms with van der Waals surface area (Å²) in [6, 6.07) is 0.746. The number of hydrogen-bond acceptors (Lipinski definition) is 3. The van der Waals surface area contributed by atoms with E-state index in [1.807, 2.05) is 11.3 Å². The van der Waals surface area contributed by atoms with Crippen molar-refractivity contribution in [1.29, 1.82) is 0 Å². The molecular formula is C17H28N2S. The fraction of sp³-hybridized carbons (Fsp3) is 0.824. The van der Waals surface area contributed by atoms with E-state index >= 15 is 0 Å². The van der Waals surface area contributed by atoms with E-state index in [-0.39, 0.29) is 5.54 Å². The van der Waals surface area contributed by atoms with Crippen molar-refractivity contribution in [3.05, 3.63) is 15.6 Å². The second-order valence-electron chi connectivity index (χ2n) is 6.83. The molecule has 1 unspecified atom stereocenters. The molecule has 20 heavy (non-hydrogen) atoms. The topological polar surface area (TPSA) is 24.9 Å². The summed E-state index contributed by atoms with van der Waals surface area (Å²) in [5.74, 6) is 0.770. The average molecular weight is 292 g/mol. The van der Waals surface area contributed by atoms with E-state index in [0.29, 0.717) is 0 Å². The smallest absolute Gasteiger partial charge is 0.113 e. The highest BCUT2D eigenvalue weighted by Crippen LogP contribution is 2.43. The molecular weight excluding hydrogens is 264 g/mol. The number of thiazole rings is 1. The van der Waals surface area contributed by atoms with Crippen LogP contribution in [0.25, 0.3) is 0 Å². The fourth-order valence-electron chi connectivity index (χ4n) is 3.66. The lowest BCUT2D eigenvalue weighted by atomic mass is 9.75. The Morgan fingerprint density at radius 1 is 1.20 bits per heavy atom. The van der Waals surface area contributed by atoms with Crippen molar-refractivity contribution >= 4 is 11.3 Å². The summed E-state index contributed by atoms with van der Waals surface area (Å²) in [4.78, 5) is 6.43. The summed E-state index contributed by atoms with van der Waals surface area (Å²) in [6.45, 7) is 6.88. The molecule has 2 aliphatic carbocycles. The molecule has 1 atom stereocenters. The monoisotopic (exact) mass is 292 g/mol. The first-order valence-corrected chi connectivity index (χ1v) is 9.19. The Bertz CT molecular complexity index is 458. The molecule has 0 spiro atoms. The van der Waals surface area contributed by atoms with Gasteiger partial charge in [-0.1, -0.05) is 26.2 Å². The maximum absolute atomic E-state index is 5.01. The molecule has 2 nitrogen and oxygen atoms in total. The molecule has 2 saturated carbocycles. The summed E-state index contributed by atoms with van der Waals surface area (Å²) < 4.78 is 0. The summed E-state index contributed by atoms with van der Waals surface area (Å²) in [7, 11) is 0. The van der Waals surface area contributed by atoms with Crippen LogP contribution in [0.3, 0.4) is 0 Å². The lowest BCUT2D eigenvalue weighted by molar-refractivity contribution is 0.174. The zero-order valence-electron chi connectivity index (χ0n) is 13.2. The SMILES string of the molecule is CCc1nc(C(C)(NC2CC2)C2CCCCC2)sc1C. The molecule has 1 heterocycles. The quantitative estimate of drug-likeness (QED) is 0.860. The largest absolute Gasteiger partial charge is 0.303 e. The van der Waals surface area contributed by atoms with Crippen molar-refractivity contribution in [1.82, 2.24) is 10.3 Å². The third kappa shape index (κ3) is 2.80. The van der Waals surface area contributed by atoms with Gasteiger partial charge >= 0.3 is 0 Å². The molecule has 1 aromatic rings. The molecule has 1 aromatic heterocycles. The highest BCUT2D eigenvalue weighted by molar-refractivity contribution is 7.11. The molecule has 0 bridgehead atoms. The van der Waals surface area contributed by atoms with Crippen LogP contribution in [0.4, 0.5) is 0 Å². The van der Waals surface area contributed by atoms with E-state index in [1.54, 1.807) is 0 Å². The summed E-state index contributed by atoms with van der Waals surface area (Å²) in [5.41, 5.74) is 1.43.